The first kappa shape index (κ1) is 13.0. The Morgan fingerprint density at radius 2 is 1.83 bits per heavy atom. The van der Waals surface area contributed by atoms with Crippen molar-refractivity contribution in [3.63, 3.8) is 0 Å². The lowest BCUT2D eigenvalue weighted by molar-refractivity contribution is -0.119. The third kappa shape index (κ3) is 3.26. The van der Waals surface area contributed by atoms with Gasteiger partial charge in [-0.3, -0.25) is 10.1 Å². The van der Waals surface area contributed by atoms with Crippen molar-refractivity contribution in [1.29, 1.82) is 0 Å². The summed E-state index contributed by atoms with van der Waals surface area (Å²) < 4.78 is 0. The van der Waals surface area contributed by atoms with E-state index in [0.717, 1.165) is 5.75 Å². The number of thioether (sulfide) groups is 1. The topological polar surface area (TPSA) is 58.2 Å². The number of hydrogen-bond donors (Lipinski definition) is 2. The van der Waals surface area contributed by atoms with Gasteiger partial charge in [-0.2, -0.15) is 11.8 Å². The molecule has 3 amide bonds. The van der Waals surface area contributed by atoms with Gasteiger partial charge in [-0.1, -0.05) is 29.3 Å². The molecule has 0 aromatic heterocycles. The van der Waals surface area contributed by atoms with Crippen LogP contribution in [0.4, 0.5) is 4.79 Å². The van der Waals surface area contributed by atoms with Crippen molar-refractivity contribution in [2.75, 3.05) is 5.75 Å². The number of carbonyl (C=O) groups excluding carboxylic acids is 2. The van der Waals surface area contributed by atoms with Crippen LogP contribution >= 0.6 is 11.8 Å². The first-order valence-corrected chi connectivity index (χ1v) is 6.96. The van der Waals surface area contributed by atoms with Gasteiger partial charge in [-0.25, -0.2) is 4.79 Å². The molecule has 96 valence electrons. The molecular formula is C13H16N2O2S. The predicted molar refractivity (Wildman–Crippen MR) is 72.5 cm³/mol. The van der Waals surface area contributed by atoms with Crippen LogP contribution in [0.3, 0.4) is 0 Å². The molecule has 4 nitrogen and oxygen atoms in total. The highest BCUT2D eigenvalue weighted by Gasteiger charge is 2.28. The predicted octanol–water partition coefficient (Wildman–Crippen LogP) is 1.74. The number of imide groups is 1. The van der Waals surface area contributed by atoms with Crippen molar-refractivity contribution in [3.05, 3.63) is 34.9 Å². The number of carbonyl (C=O) groups is 2. The van der Waals surface area contributed by atoms with Crippen LogP contribution < -0.4 is 10.6 Å². The van der Waals surface area contributed by atoms with Crippen LogP contribution in [0.15, 0.2) is 18.2 Å². The Morgan fingerprint density at radius 1 is 1.17 bits per heavy atom. The molecule has 1 fully saturated rings. The van der Waals surface area contributed by atoms with E-state index in [4.69, 9.17) is 0 Å². The summed E-state index contributed by atoms with van der Waals surface area (Å²) in [7, 11) is 0. The number of amides is 3. The van der Waals surface area contributed by atoms with Crippen LogP contribution in [0.25, 0.3) is 0 Å². The van der Waals surface area contributed by atoms with Crippen LogP contribution in [0.5, 0.6) is 0 Å². The third-order valence-corrected chi connectivity index (χ3v) is 3.80. The summed E-state index contributed by atoms with van der Waals surface area (Å²) in [6.45, 7) is 4.15. The SMILES string of the molecule is Cc1cc(C)cc(CSCC2NC(=O)NC2=O)c1. The van der Waals surface area contributed by atoms with Crippen LogP contribution in [0.2, 0.25) is 0 Å². The highest BCUT2D eigenvalue weighted by Crippen LogP contribution is 2.17. The number of urea groups is 1. The number of aryl methyl sites for hydroxylation is 2. The van der Waals surface area contributed by atoms with Crippen LogP contribution in [0, 0.1) is 13.8 Å². The molecule has 18 heavy (non-hydrogen) atoms. The van der Waals surface area contributed by atoms with Crippen molar-refractivity contribution >= 4 is 23.7 Å². The van der Waals surface area contributed by atoms with Crippen molar-refractivity contribution in [1.82, 2.24) is 10.6 Å². The number of benzene rings is 1. The number of hydrogen-bond acceptors (Lipinski definition) is 3. The van der Waals surface area contributed by atoms with Gasteiger partial charge in [0.15, 0.2) is 0 Å². The second-order valence-electron chi connectivity index (χ2n) is 4.53. The van der Waals surface area contributed by atoms with Gasteiger partial charge in [0.25, 0.3) is 5.91 Å². The van der Waals surface area contributed by atoms with Gasteiger partial charge in [-0.05, 0) is 19.4 Å². The van der Waals surface area contributed by atoms with Gasteiger partial charge in [-0.15, -0.1) is 0 Å². The molecule has 0 spiro atoms. The molecular weight excluding hydrogens is 248 g/mol. The second kappa shape index (κ2) is 5.44. The molecule has 0 saturated carbocycles. The molecule has 2 rings (SSSR count). The van der Waals surface area contributed by atoms with Crippen LogP contribution in [-0.2, 0) is 10.5 Å². The normalized spacial score (nSPS) is 18.7. The molecule has 1 aromatic rings. The first-order valence-electron chi connectivity index (χ1n) is 5.81. The van der Waals surface area contributed by atoms with E-state index in [2.05, 4.69) is 42.7 Å². The Labute approximate surface area is 111 Å². The minimum absolute atomic E-state index is 0.229. The second-order valence-corrected chi connectivity index (χ2v) is 5.56. The maximum atomic E-state index is 11.3. The fourth-order valence-electron chi connectivity index (χ4n) is 2.02. The summed E-state index contributed by atoms with van der Waals surface area (Å²) in [5.41, 5.74) is 3.75. The van der Waals surface area contributed by atoms with E-state index >= 15 is 0 Å². The molecule has 1 saturated heterocycles. The quantitative estimate of drug-likeness (QED) is 0.814. The Morgan fingerprint density at radius 3 is 2.39 bits per heavy atom. The van der Waals surface area contributed by atoms with E-state index in [0.29, 0.717) is 5.75 Å². The van der Waals surface area contributed by atoms with Crippen LogP contribution in [0.1, 0.15) is 16.7 Å². The van der Waals surface area contributed by atoms with Crippen molar-refractivity contribution < 1.29 is 9.59 Å². The van der Waals surface area contributed by atoms with Crippen molar-refractivity contribution in [2.45, 2.75) is 25.6 Å². The lowest BCUT2D eigenvalue weighted by Gasteiger charge is -2.08. The Kier molecular flexibility index (Phi) is 3.91. The van der Waals surface area contributed by atoms with Crippen LogP contribution in [-0.4, -0.2) is 23.7 Å². The molecule has 5 heteroatoms. The van der Waals surface area contributed by atoms with Gasteiger partial charge < -0.3 is 5.32 Å². The molecule has 2 N–H and O–H groups in total. The van der Waals surface area contributed by atoms with Gasteiger partial charge in [0.2, 0.25) is 0 Å². The average molecular weight is 264 g/mol. The van der Waals surface area contributed by atoms with Gasteiger partial charge in [0.05, 0.1) is 0 Å². The summed E-state index contributed by atoms with van der Waals surface area (Å²) in [5, 5.41) is 4.82. The number of nitrogens with one attached hydrogen (secondary N) is 2. The molecule has 1 unspecified atom stereocenters. The zero-order chi connectivity index (χ0) is 13.1. The fraction of sp³-hybridized carbons (Fsp3) is 0.385. The van der Waals surface area contributed by atoms with E-state index in [1.807, 2.05) is 0 Å². The lowest BCUT2D eigenvalue weighted by atomic mass is 10.1. The molecule has 1 aromatic carbocycles. The van der Waals surface area contributed by atoms with Gasteiger partial charge in [0, 0.05) is 11.5 Å². The van der Waals surface area contributed by atoms with E-state index in [9.17, 15) is 9.59 Å². The molecule has 1 heterocycles. The zero-order valence-electron chi connectivity index (χ0n) is 10.4. The maximum Gasteiger partial charge on any atom is 0.322 e. The minimum Gasteiger partial charge on any atom is -0.325 e. The summed E-state index contributed by atoms with van der Waals surface area (Å²) in [5.74, 6) is 1.22. The molecule has 0 radical (unpaired) electrons. The Bertz CT molecular complexity index is 468. The van der Waals surface area contributed by atoms with E-state index < -0.39 is 12.1 Å². The minimum atomic E-state index is -0.395. The summed E-state index contributed by atoms with van der Waals surface area (Å²) in [4.78, 5) is 22.3. The highest BCUT2D eigenvalue weighted by atomic mass is 32.2. The van der Waals surface area contributed by atoms with Gasteiger partial charge in [0.1, 0.15) is 6.04 Å². The molecule has 0 bridgehead atoms. The Balaban J connectivity index is 1.85. The maximum absolute atomic E-state index is 11.3. The summed E-state index contributed by atoms with van der Waals surface area (Å²) >= 11 is 1.65. The summed E-state index contributed by atoms with van der Waals surface area (Å²) in [6.07, 6.45) is 0. The lowest BCUT2D eigenvalue weighted by Crippen LogP contribution is -2.31. The molecule has 1 aliphatic heterocycles. The van der Waals surface area contributed by atoms with E-state index in [1.165, 1.54) is 16.7 Å². The third-order valence-electron chi connectivity index (χ3n) is 2.69. The largest absolute Gasteiger partial charge is 0.325 e. The molecule has 0 aliphatic carbocycles. The van der Waals surface area contributed by atoms with E-state index in [1.54, 1.807) is 11.8 Å². The monoisotopic (exact) mass is 264 g/mol. The summed E-state index contributed by atoms with van der Waals surface area (Å²) in [6, 6.07) is 5.64. The van der Waals surface area contributed by atoms with Crippen molar-refractivity contribution in [3.8, 4) is 0 Å². The number of rotatable bonds is 4. The fourth-order valence-corrected chi connectivity index (χ4v) is 3.01. The molecule has 1 aliphatic rings. The zero-order valence-corrected chi connectivity index (χ0v) is 11.3. The molecule has 1 atom stereocenters. The van der Waals surface area contributed by atoms with E-state index in [-0.39, 0.29) is 5.91 Å². The standard InChI is InChI=1S/C13H16N2O2S/c1-8-3-9(2)5-10(4-8)6-18-7-11-12(16)15-13(17)14-11/h3-5,11H,6-7H2,1-2H3,(H2,14,15,16,17). The van der Waals surface area contributed by atoms with Gasteiger partial charge >= 0.3 is 6.03 Å². The average Bonchev–Trinajstić information content (AvgIpc) is 2.56. The smallest absolute Gasteiger partial charge is 0.322 e. The highest BCUT2D eigenvalue weighted by molar-refractivity contribution is 7.98. The van der Waals surface area contributed by atoms with Crippen molar-refractivity contribution in [2.24, 2.45) is 0 Å². The first-order chi connectivity index (χ1) is 8.54. The Hall–Kier alpha value is -1.49.